The number of methoxy groups -OCH3 is 1. The molecule has 7 heteroatoms. The van der Waals surface area contributed by atoms with E-state index in [1.807, 2.05) is 6.92 Å². The molecule has 1 N–H and O–H groups in total. The normalized spacial score (nSPS) is 12.7. The van der Waals surface area contributed by atoms with Crippen LogP contribution in [0.25, 0.3) is 6.08 Å². The largest absolute Gasteiger partial charge is 0.491 e. The molecule has 6 nitrogen and oxygen atoms in total. The molecule has 0 fully saturated rings. The first-order chi connectivity index (χ1) is 13.1. The number of halogens is 1. The number of carbonyl (C=O) groups excluding carboxylic acids is 1. The Hall–Kier alpha value is -2.86. The molecule has 2 aromatic rings. The highest BCUT2D eigenvalue weighted by molar-refractivity contribution is 6.32. The van der Waals surface area contributed by atoms with Crippen LogP contribution in [0.1, 0.15) is 12.5 Å². The van der Waals surface area contributed by atoms with Crippen molar-refractivity contribution in [1.82, 2.24) is 0 Å². The minimum atomic E-state index is -0.281. The van der Waals surface area contributed by atoms with Gasteiger partial charge in [0.15, 0.2) is 23.0 Å². The van der Waals surface area contributed by atoms with E-state index in [4.69, 9.17) is 30.5 Å². The van der Waals surface area contributed by atoms with Gasteiger partial charge in [-0.1, -0.05) is 11.6 Å². The first kappa shape index (κ1) is 18.9. The lowest BCUT2D eigenvalue weighted by Gasteiger charge is -2.18. The van der Waals surface area contributed by atoms with Gasteiger partial charge in [-0.2, -0.15) is 0 Å². The fourth-order valence-corrected chi connectivity index (χ4v) is 2.92. The summed E-state index contributed by atoms with van der Waals surface area (Å²) in [6.45, 7) is 3.36. The summed E-state index contributed by atoms with van der Waals surface area (Å²) >= 11 is 6.22. The van der Waals surface area contributed by atoms with Crippen LogP contribution >= 0.6 is 11.6 Å². The van der Waals surface area contributed by atoms with Crippen LogP contribution in [0.2, 0.25) is 5.02 Å². The lowest BCUT2D eigenvalue weighted by atomic mass is 10.2. The summed E-state index contributed by atoms with van der Waals surface area (Å²) in [5.74, 6) is 2.00. The molecule has 0 radical (unpaired) electrons. The van der Waals surface area contributed by atoms with Gasteiger partial charge in [-0.05, 0) is 42.8 Å². The van der Waals surface area contributed by atoms with Crippen molar-refractivity contribution in [1.29, 1.82) is 0 Å². The second-order valence-electron chi connectivity index (χ2n) is 5.65. The van der Waals surface area contributed by atoms with Crippen molar-refractivity contribution in [3.63, 3.8) is 0 Å². The van der Waals surface area contributed by atoms with Crippen molar-refractivity contribution in [2.24, 2.45) is 0 Å². The summed E-state index contributed by atoms with van der Waals surface area (Å²) in [7, 11) is 1.53. The van der Waals surface area contributed by atoms with Gasteiger partial charge in [-0.3, -0.25) is 4.79 Å². The number of rotatable bonds is 6. The van der Waals surface area contributed by atoms with E-state index < -0.39 is 0 Å². The Morgan fingerprint density at radius 3 is 2.74 bits per heavy atom. The molecule has 3 rings (SSSR count). The minimum Gasteiger partial charge on any atom is -0.491 e. The summed E-state index contributed by atoms with van der Waals surface area (Å²) in [5.41, 5.74) is 1.35. The Bertz CT molecular complexity index is 866. The SMILES string of the molecule is CCOc1cc(/C=C/C(=O)Nc2ccc3c(c2)OCCO3)cc(Cl)c1OC. The molecule has 0 saturated carbocycles. The summed E-state index contributed by atoms with van der Waals surface area (Å²) in [6.07, 6.45) is 3.08. The number of hydrogen-bond acceptors (Lipinski definition) is 5. The zero-order valence-electron chi connectivity index (χ0n) is 15.1. The van der Waals surface area contributed by atoms with Crippen LogP contribution in [0, 0.1) is 0 Å². The Morgan fingerprint density at radius 2 is 2.00 bits per heavy atom. The van der Waals surface area contributed by atoms with Gasteiger partial charge in [0.2, 0.25) is 5.91 Å². The van der Waals surface area contributed by atoms with Crippen LogP contribution in [0.15, 0.2) is 36.4 Å². The number of hydrogen-bond donors (Lipinski definition) is 1. The molecule has 27 heavy (non-hydrogen) atoms. The molecular weight excluding hydrogens is 370 g/mol. The highest BCUT2D eigenvalue weighted by atomic mass is 35.5. The van der Waals surface area contributed by atoms with Crippen LogP contribution in [0.4, 0.5) is 5.69 Å². The molecule has 0 bridgehead atoms. The van der Waals surface area contributed by atoms with Crippen LogP contribution in [0.3, 0.4) is 0 Å². The number of carbonyl (C=O) groups is 1. The Balaban J connectivity index is 1.71. The van der Waals surface area contributed by atoms with Gasteiger partial charge in [0.25, 0.3) is 0 Å². The highest BCUT2D eigenvalue weighted by Gasteiger charge is 2.13. The first-order valence-electron chi connectivity index (χ1n) is 8.49. The maximum absolute atomic E-state index is 12.2. The number of amides is 1. The van der Waals surface area contributed by atoms with E-state index in [9.17, 15) is 4.79 Å². The van der Waals surface area contributed by atoms with Gasteiger partial charge in [0, 0.05) is 17.8 Å². The van der Waals surface area contributed by atoms with Gasteiger partial charge in [0.1, 0.15) is 13.2 Å². The molecular formula is C20H20ClNO5. The smallest absolute Gasteiger partial charge is 0.248 e. The van der Waals surface area contributed by atoms with E-state index in [2.05, 4.69) is 5.32 Å². The second-order valence-corrected chi connectivity index (χ2v) is 6.06. The van der Waals surface area contributed by atoms with E-state index in [1.54, 1.807) is 36.4 Å². The van der Waals surface area contributed by atoms with E-state index in [-0.39, 0.29) is 5.91 Å². The molecule has 142 valence electrons. The van der Waals surface area contributed by atoms with Gasteiger partial charge in [0.05, 0.1) is 18.7 Å². The third kappa shape index (κ3) is 4.65. The van der Waals surface area contributed by atoms with Crippen molar-refractivity contribution in [3.05, 3.63) is 47.0 Å². The third-order valence-corrected chi connectivity index (χ3v) is 4.05. The third-order valence-electron chi connectivity index (χ3n) is 3.77. The fraction of sp³-hybridized carbons (Fsp3) is 0.250. The average Bonchev–Trinajstić information content (AvgIpc) is 2.66. The molecule has 0 aromatic heterocycles. The monoisotopic (exact) mass is 389 g/mol. The first-order valence-corrected chi connectivity index (χ1v) is 8.87. The van der Waals surface area contributed by atoms with Gasteiger partial charge < -0.3 is 24.3 Å². The number of benzene rings is 2. The molecule has 1 amide bonds. The number of anilines is 1. The van der Waals surface area contributed by atoms with Crippen LogP contribution in [-0.2, 0) is 4.79 Å². The molecule has 0 aliphatic carbocycles. The number of nitrogens with one attached hydrogen (secondary N) is 1. The predicted molar refractivity (Wildman–Crippen MR) is 104 cm³/mol. The Morgan fingerprint density at radius 1 is 1.22 bits per heavy atom. The molecule has 1 aliphatic rings. The lowest BCUT2D eigenvalue weighted by Crippen LogP contribution is -2.16. The second kappa shape index (κ2) is 8.68. The van der Waals surface area contributed by atoms with Crippen molar-refractivity contribution in [2.75, 3.05) is 32.2 Å². The zero-order valence-corrected chi connectivity index (χ0v) is 15.8. The van der Waals surface area contributed by atoms with Crippen molar-refractivity contribution < 1.29 is 23.7 Å². The van der Waals surface area contributed by atoms with Crippen LogP contribution in [0.5, 0.6) is 23.0 Å². The van der Waals surface area contributed by atoms with Gasteiger partial charge in [-0.15, -0.1) is 0 Å². The van der Waals surface area contributed by atoms with Gasteiger partial charge >= 0.3 is 0 Å². The summed E-state index contributed by atoms with van der Waals surface area (Å²) < 4.78 is 21.8. The van der Waals surface area contributed by atoms with E-state index >= 15 is 0 Å². The lowest BCUT2D eigenvalue weighted by molar-refractivity contribution is -0.111. The van der Waals surface area contributed by atoms with Crippen molar-refractivity contribution in [2.45, 2.75) is 6.92 Å². The van der Waals surface area contributed by atoms with Crippen LogP contribution in [-0.4, -0.2) is 32.8 Å². The quantitative estimate of drug-likeness (QED) is 0.751. The predicted octanol–water partition coefficient (Wildman–Crippen LogP) is 4.17. The minimum absolute atomic E-state index is 0.281. The summed E-state index contributed by atoms with van der Waals surface area (Å²) in [5, 5.41) is 3.20. The number of fused-ring (bicyclic) bond motifs is 1. The topological polar surface area (TPSA) is 66.0 Å². The molecule has 1 heterocycles. The van der Waals surface area contributed by atoms with E-state index in [0.717, 1.165) is 5.56 Å². The standard InChI is InChI=1S/C20H20ClNO5/c1-3-25-18-11-13(10-15(21)20(18)24-2)4-7-19(23)22-14-5-6-16-17(12-14)27-9-8-26-16/h4-7,10-12H,3,8-9H2,1-2H3,(H,22,23)/b7-4+. The maximum atomic E-state index is 12.2. The molecule has 0 spiro atoms. The zero-order chi connectivity index (χ0) is 19.2. The van der Waals surface area contributed by atoms with Crippen LogP contribution < -0.4 is 24.3 Å². The van der Waals surface area contributed by atoms with Gasteiger partial charge in [-0.25, -0.2) is 0 Å². The molecule has 1 aliphatic heterocycles. The highest BCUT2D eigenvalue weighted by Crippen LogP contribution is 2.36. The molecule has 0 unspecified atom stereocenters. The van der Waals surface area contributed by atoms with Crippen molar-refractivity contribution >= 4 is 29.3 Å². The average molecular weight is 390 g/mol. The van der Waals surface area contributed by atoms with Crippen molar-refractivity contribution in [3.8, 4) is 23.0 Å². The fourth-order valence-electron chi connectivity index (χ4n) is 2.62. The maximum Gasteiger partial charge on any atom is 0.248 e. The molecule has 0 saturated heterocycles. The molecule has 0 atom stereocenters. The molecule has 2 aromatic carbocycles. The summed E-state index contributed by atoms with van der Waals surface area (Å²) in [6, 6.07) is 8.73. The van der Waals surface area contributed by atoms with E-state index in [1.165, 1.54) is 13.2 Å². The van der Waals surface area contributed by atoms with E-state index in [0.29, 0.717) is 53.5 Å². The summed E-state index contributed by atoms with van der Waals surface area (Å²) in [4.78, 5) is 12.2. The number of ether oxygens (including phenoxy) is 4. The Kier molecular flexibility index (Phi) is 6.08. The Labute approximate surface area is 162 Å².